The molecule has 0 aliphatic carbocycles. The Morgan fingerprint density at radius 2 is 1.61 bits per heavy atom. The monoisotopic (exact) mass is 451 g/mol. The Hall–Kier alpha value is -3.62. The fraction of sp³-hybridized carbons (Fsp3) is 0.417. The van der Waals surface area contributed by atoms with Crippen LogP contribution in [0.3, 0.4) is 0 Å². The summed E-state index contributed by atoms with van der Waals surface area (Å²) in [5, 5.41) is 14.6. The van der Waals surface area contributed by atoms with Gasteiger partial charge in [0.1, 0.15) is 5.69 Å². The van der Waals surface area contributed by atoms with E-state index < -0.39 is 10.8 Å². The van der Waals surface area contributed by atoms with Crippen molar-refractivity contribution >= 4 is 34.6 Å². The third-order valence-corrected chi connectivity index (χ3v) is 6.31. The average molecular weight is 452 g/mol. The fourth-order valence-corrected chi connectivity index (χ4v) is 4.51. The average Bonchev–Trinajstić information content (AvgIpc) is 3.38. The molecule has 2 amide bonds. The minimum absolute atomic E-state index is 0.0467. The number of amides is 2. The van der Waals surface area contributed by atoms with Crippen molar-refractivity contribution in [3.05, 3.63) is 58.1 Å². The first-order valence-electron chi connectivity index (χ1n) is 11.4. The molecule has 2 aromatic carbocycles. The maximum absolute atomic E-state index is 13.0. The summed E-state index contributed by atoms with van der Waals surface area (Å²) in [6.45, 7) is 6.07. The van der Waals surface area contributed by atoms with Crippen LogP contribution >= 0.6 is 0 Å². The summed E-state index contributed by atoms with van der Waals surface area (Å²) in [5.74, 6) is -0.242. The molecule has 0 spiro atoms. The number of nitro benzene ring substituents is 1. The second-order valence-corrected chi connectivity index (χ2v) is 8.35. The molecule has 9 heteroatoms. The van der Waals surface area contributed by atoms with Gasteiger partial charge in [-0.3, -0.25) is 19.7 Å². The number of para-hydroxylation sites is 2. The lowest BCUT2D eigenvalue weighted by Crippen LogP contribution is -2.48. The first-order chi connectivity index (χ1) is 16.0. The number of hydrogen-bond donors (Lipinski definition) is 1. The third kappa shape index (κ3) is 4.92. The first kappa shape index (κ1) is 22.6. The predicted molar refractivity (Wildman–Crippen MR) is 128 cm³/mol. The second-order valence-electron chi connectivity index (χ2n) is 8.35. The van der Waals surface area contributed by atoms with Gasteiger partial charge in [-0.2, -0.15) is 0 Å². The molecule has 2 aliphatic rings. The number of rotatable bonds is 6. The minimum atomic E-state index is -0.421. The predicted octanol–water partition coefficient (Wildman–Crippen LogP) is 3.51. The first-order valence-corrected chi connectivity index (χ1v) is 11.4. The third-order valence-electron chi connectivity index (χ3n) is 6.31. The van der Waals surface area contributed by atoms with Gasteiger partial charge in [0.25, 0.3) is 11.6 Å². The summed E-state index contributed by atoms with van der Waals surface area (Å²) < 4.78 is 0. The molecule has 174 valence electrons. The Labute approximate surface area is 193 Å². The molecule has 2 aliphatic heterocycles. The van der Waals surface area contributed by atoms with Crippen LogP contribution in [0.1, 0.15) is 36.5 Å². The quantitative estimate of drug-likeness (QED) is 0.533. The van der Waals surface area contributed by atoms with E-state index in [9.17, 15) is 19.7 Å². The topological polar surface area (TPSA) is 99.0 Å². The van der Waals surface area contributed by atoms with Gasteiger partial charge in [0.2, 0.25) is 5.91 Å². The summed E-state index contributed by atoms with van der Waals surface area (Å²) in [6.07, 6.45) is 2.52. The fourth-order valence-electron chi connectivity index (χ4n) is 4.51. The highest BCUT2D eigenvalue weighted by atomic mass is 16.6. The number of nitrogens with zero attached hydrogens (tertiary/aromatic N) is 4. The summed E-state index contributed by atoms with van der Waals surface area (Å²) in [7, 11) is 0. The highest BCUT2D eigenvalue weighted by molar-refractivity contribution is 6.06. The molecule has 2 aromatic rings. The van der Waals surface area contributed by atoms with E-state index in [-0.39, 0.29) is 17.2 Å². The van der Waals surface area contributed by atoms with Crippen molar-refractivity contribution in [2.75, 3.05) is 54.4 Å². The Morgan fingerprint density at radius 3 is 2.27 bits per heavy atom. The van der Waals surface area contributed by atoms with E-state index in [0.29, 0.717) is 44.0 Å². The molecule has 0 bridgehead atoms. The summed E-state index contributed by atoms with van der Waals surface area (Å²) >= 11 is 0. The summed E-state index contributed by atoms with van der Waals surface area (Å²) in [4.78, 5) is 42.2. The van der Waals surface area contributed by atoms with Crippen molar-refractivity contribution in [1.82, 2.24) is 4.90 Å². The van der Waals surface area contributed by atoms with E-state index in [2.05, 4.69) is 10.2 Å². The van der Waals surface area contributed by atoms with Crippen LogP contribution in [0.2, 0.25) is 0 Å². The van der Waals surface area contributed by atoms with Gasteiger partial charge < -0.3 is 20.0 Å². The van der Waals surface area contributed by atoms with Crippen molar-refractivity contribution in [3.8, 4) is 0 Å². The molecule has 2 saturated heterocycles. The van der Waals surface area contributed by atoms with E-state index in [0.717, 1.165) is 31.6 Å². The van der Waals surface area contributed by atoms with Gasteiger partial charge in [-0.25, -0.2) is 0 Å². The smallest absolute Gasteiger partial charge is 0.293 e. The molecule has 0 unspecified atom stereocenters. The zero-order valence-corrected chi connectivity index (χ0v) is 18.8. The van der Waals surface area contributed by atoms with Gasteiger partial charge in [0.05, 0.1) is 16.3 Å². The van der Waals surface area contributed by atoms with Crippen LogP contribution in [0.4, 0.5) is 22.7 Å². The zero-order chi connectivity index (χ0) is 23.4. The Balaban J connectivity index is 1.51. The number of hydrogen-bond acceptors (Lipinski definition) is 6. The summed E-state index contributed by atoms with van der Waals surface area (Å²) in [5.41, 5.74) is 2.28. The van der Waals surface area contributed by atoms with Crippen LogP contribution in [0.15, 0.2) is 42.5 Å². The molecule has 1 N–H and O–H groups in total. The molecule has 33 heavy (non-hydrogen) atoms. The lowest BCUT2D eigenvalue weighted by molar-refractivity contribution is -0.384. The van der Waals surface area contributed by atoms with Crippen molar-refractivity contribution in [1.29, 1.82) is 0 Å². The van der Waals surface area contributed by atoms with Crippen molar-refractivity contribution < 1.29 is 14.5 Å². The van der Waals surface area contributed by atoms with Gasteiger partial charge in [0, 0.05) is 57.3 Å². The maximum Gasteiger partial charge on any atom is 0.293 e. The molecule has 2 fully saturated rings. The Morgan fingerprint density at radius 1 is 0.939 bits per heavy atom. The number of carbonyl (C=O) groups is 2. The molecular weight excluding hydrogens is 422 g/mol. The van der Waals surface area contributed by atoms with Crippen LogP contribution in [-0.4, -0.2) is 60.9 Å². The minimum Gasteiger partial charge on any atom is -0.366 e. The number of piperazine rings is 1. The number of anilines is 3. The molecule has 0 atom stereocenters. The van der Waals surface area contributed by atoms with E-state index in [1.807, 2.05) is 41.0 Å². The zero-order valence-electron chi connectivity index (χ0n) is 18.8. The van der Waals surface area contributed by atoms with Crippen molar-refractivity contribution in [2.24, 2.45) is 0 Å². The normalized spacial score (nSPS) is 16.1. The van der Waals surface area contributed by atoms with Gasteiger partial charge in [0.15, 0.2) is 0 Å². The molecule has 0 saturated carbocycles. The van der Waals surface area contributed by atoms with E-state index in [1.54, 1.807) is 12.1 Å². The lowest BCUT2D eigenvalue weighted by atomic mass is 10.1. The molecule has 0 aromatic heterocycles. The highest BCUT2D eigenvalue weighted by Crippen LogP contribution is 2.32. The molecule has 0 radical (unpaired) electrons. The van der Waals surface area contributed by atoms with E-state index in [1.165, 1.54) is 6.07 Å². The maximum atomic E-state index is 13.0. The van der Waals surface area contributed by atoms with Crippen LogP contribution in [-0.2, 0) is 4.79 Å². The van der Waals surface area contributed by atoms with E-state index in [4.69, 9.17) is 0 Å². The molecular formula is C24H29N5O4. The van der Waals surface area contributed by atoms with Gasteiger partial charge in [-0.1, -0.05) is 19.1 Å². The van der Waals surface area contributed by atoms with Crippen LogP contribution in [0.5, 0.6) is 0 Å². The van der Waals surface area contributed by atoms with Crippen LogP contribution < -0.4 is 15.1 Å². The number of nitrogens with one attached hydrogen (secondary N) is 1. The molecule has 9 nitrogen and oxygen atoms in total. The van der Waals surface area contributed by atoms with Gasteiger partial charge in [-0.05, 0) is 37.1 Å². The summed E-state index contributed by atoms with van der Waals surface area (Å²) in [6, 6.07) is 12.2. The SMILES string of the molecule is CCC(=O)N1CCN(c2ccccc2NC(=O)c2ccc(N3CCCC3)c([N+](=O)[O-])c2)CC1. The van der Waals surface area contributed by atoms with Crippen molar-refractivity contribution in [2.45, 2.75) is 26.2 Å². The lowest BCUT2D eigenvalue weighted by Gasteiger charge is -2.36. The van der Waals surface area contributed by atoms with Crippen LogP contribution in [0, 0.1) is 10.1 Å². The Kier molecular flexibility index (Phi) is 6.76. The molecule has 4 rings (SSSR count). The largest absolute Gasteiger partial charge is 0.366 e. The van der Waals surface area contributed by atoms with Crippen molar-refractivity contribution in [3.63, 3.8) is 0 Å². The van der Waals surface area contributed by atoms with Gasteiger partial charge in [-0.15, -0.1) is 0 Å². The van der Waals surface area contributed by atoms with Crippen LogP contribution in [0.25, 0.3) is 0 Å². The Bertz CT molecular complexity index is 1040. The standard InChI is InChI=1S/C24H29N5O4/c1-2-23(30)28-15-13-27(14-16-28)20-8-4-3-7-19(20)25-24(31)18-9-10-21(22(17-18)29(32)33)26-11-5-6-12-26/h3-4,7-10,17H,2,5-6,11-16H2,1H3,(H,25,31). The molecule has 2 heterocycles. The van der Waals surface area contributed by atoms with Gasteiger partial charge >= 0.3 is 0 Å². The van der Waals surface area contributed by atoms with E-state index >= 15 is 0 Å². The number of benzene rings is 2. The number of carbonyl (C=O) groups excluding carboxylic acids is 2. The number of nitro groups is 1. The second kappa shape index (κ2) is 9.89. The highest BCUT2D eigenvalue weighted by Gasteiger charge is 2.25.